The fourth-order valence-corrected chi connectivity index (χ4v) is 2.95. The zero-order valence-electron chi connectivity index (χ0n) is 13.4. The molecule has 2 heterocycles. The van der Waals surface area contributed by atoms with Crippen molar-refractivity contribution in [1.29, 1.82) is 0 Å². The maximum atomic E-state index is 12.7. The molecule has 0 saturated carbocycles. The van der Waals surface area contributed by atoms with Gasteiger partial charge in [-0.25, -0.2) is 18.3 Å². The van der Waals surface area contributed by atoms with Crippen molar-refractivity contribution in [3.63, 3.8) is 0 Å². The van der Waals surface area contributed by atoms with Gasteiger partial charge in [0.1, 0.15) is 5.69 Å². The van der Waals surface area contributed by atoms with E-state index in [0.717, 1.165) is 6.07 Å². The van der Waals surface area contributed by atoms with Gasteiger partial charge in [-0.2, -0.15) is 5.10 Å². The maximum Gasteiger partial charge on any atom is 0.362 e. The van der Waals surface area contributed by atoms with Crippen LogP contribution in [0.2, 0.25) is 0 Å². The second-order valence-corrected chi connectivity index (χ2v) is 6.04. The first kappa shape index (κ1) is 18.1. The van der Waals surface area contributed by atoms with Crippen molar-refractivity contribution in [3.8, 4) is 5.69 Å². The molecule has 2 aromatic heterocycles. The molecule has 0 aliphatic rings. The molecule has 3 aromatic rings. The Morgan fingerprint density at radius 2 is 2.08 bits per heavy atom. The average molecular weight is 424 g/mol. The number of carbonyl (C=O) groups is 1. The van der Waals surface area contributed by atoms with Crippen molar-refractivity contribution in [2.24, 2.45) is 0 Å². The number of benzene rings is 1. The Morgan fingerprint density at radius 3 is 2.69 bits per heavy atom. The van der Waals surface area contributed by atoms with Gasteiger partial charge in [0.25, 0.3) is 6.43 Å². The van der Waals surface area contributed by atoms with E-state index >= 15 is 0 Å². The fraction of sp³-hybridized carbons (Fsp3) is 0.176. The Bertz CT molecular complexity index is 1040. The molecule has 0 atom stereocenters. The summed E-state index contributed by atoms with van der Waals surface area (Å²) in [4.78, 5) is 28.5. The van der Waals surface area contributed by atoms with E-state index in [0.29, 0.717) is 15.7 Å². The predicted octanol–water partition coefficient (Wildman–Crippen LogP) is 3.66. The van der Waals surface area contributed by atoms with Crippen LogP contribution in [0.25, 0.3) is 16.6 Å². The monoisotopic (exact) mass is 423 g/mol. The largest absolute Gasteiger partial charge is 0.461 e. The first-order chi connectivity index (χ1) is 12.4. The highest BCUT2D eigenvalue weighted by atomic mass is 79.9. The molecule has 0 fully saturated rings. The number of halogens is 3. The zero-order chi connectivity index (χ0) is 18.8. The third-order valence-corrected chi connectivity index (χ3v) is 4.23. The van der Waals surface area contributed by atoms with Crippen LogP contribution < -0.4 is 5.43 Å². The normalized spacial score (nSPS) is 11.1. The summed E-state index contributed by atoms with van der Waals surface area (Å²) in [6.07, 6.45) is -1.50. The number of ether oxygens (including phenoxy) is 1. The first-order valence-electron chi connectivity index (χ1n) is 7.57. The van der Waals surface area contributed by atoms with Gasteiger partial charge >= 0.3 is 5.97 Å². The number of rotatable bonds is 4. The molecule has 134 valence electrons. The molecule has 0 saturated heterocycles. The van der Waals surface area contributed by atoms with Gasteiger partial charge in [0.15, 0.2) is 0 Å². The molecule has 0 spiro atoms. The molecule has 0 N–H and O–H groups in total. The lowest BCUT2D eigenvalue weighted by atomic mass is 10.2. The zero-order valence-corrected chi connectivity index (χ0v) is 15.0. The number of pyridine rings is 1. The summed E-state index contributed by atoms with van der Waals surface area (Å²) in [5.74, 6) is -0.860. The fourth-order valence-electron chi connectivity index (χ4n) is 2.41. The van der Waals surface area contributed by atoms with E-state index in [4.69, 9.17) is 4.74 Å². The molecule has 3 rings (SSSR count). The quantitative estimate of drug-likeness (QED) is 0.598. The molecule has 26 heavy (non-hydrogen) atoms. The molecule has 0 bridgehead atoms. The number of nitrogens with zero attached hydrogens (tertiary/aromatic N) is 3. The first-order valence-corrected chi connectivity index (χ1v) is 8.36. The van der Waals surface area contributed by atoms with E-state index in [1.165, 1.54) is 16.9 Å². The Morgan fingerprint density at radius 1 is 1.31 bits per heavy atom. The van der Waals surface area contributed by atoms with Crippen molar-refractivity contribution in [1.82, 2.24) is 14.8 Å². The standard InChI is InChI=1S/C17H12BrF2N3O3/c1-2-26-17(25)14-15(24)13-10(18)4-3-5-12(13)23(22-14)9-6-7-11(16(19)20)21-8-9/h3-8,16H,2H2,1H3. The molecular formula is C17H12BrF2N3O3. The molecule has 0 aliphatic heterocycles. The van der Waals surface area contributed by atoms with Crippen LogP contribution >= 0.6 is 15.9 Å². The minimum absolute atomic E-state index is 0.0819. The van der Waals surface area contributed by atoms with E-state index in [1.807, 2.05) is 0 Å². The highest BCUT2D eigenvalue weighted by molar-refractivity contribution is 9.10. The molecule has 6 nitrogen and oxygen atoms in total. The van der Waals surface area contributed by atoms with Crippen LogP contribution in [-0.4, -0.2) is 27.3 Å². The van der Waals surface area contributed by atoms with Gasteiger partial charge in [-0.15, -0.1) is 0 Å². The van der Waals surface area contributed by atoms with Crippen LogP contribution in [0.15, 0.2) is 45.8 Å². The van der Waals surface area contributed by atoms with Crippen molar-refractivity contribution in [3.05, 3.63) is 62.6 Å². The minimum Gasteiger partial charge on any atom is -0.461 e. The third-order valence-electron chi connectivity index (χ3n) is 3.57. The van der Waals surface area contributed by atoms with Gasteiger partial charge < -0.3 is 4.74 Å². The highest BCUT2D eigenvalue weighted by Crippen LogP contribution is 2.24. The van der Waals surface area contributed by atoms with Gasteiger partial charge in [0, 0.05) is 4.47 Å². The summed E-state index contributed by atoms with van der Waals surface area (Å²) in [5.41, 5.74) is -0.651. The number of esters is 1. The SMILES string of the molecule is CCOC(=O)c1nn(-c2ccc(C(F)F)nc2)c2cccc(Br)c2c1=O. The third kappa shape index (κ3) is 3.22. The van der Waals surface area contributed by atoms with Crippen LogP contribution in [0, 0.1) is 0 Å². The lowest BCUT2D eigenvalue weighted by Gasteiger charge is -2.12. The van der Waals surface area contributed by atoms with E-state index in [-0.39, 0.29) is 17.7 Å². The lowest BCUT2D eigenvalue weighted by molar-refractivity contribution is 0.0516. The van der Waals surface area contributed by atoms with E-state index in [1.54, 1.807) is 25.1 Å². The van der Waals surface area contributed by atoms with Gasteiger partial charge in [0.2, 0.25) is 11.1 Å². The number of fused-ring (bicyclic) bond motifs is 1. The molecule has 9 heteroatoms. The van der Waals surface area contributed by atoms with E-state index in [9.17, 15) is 18.4 Å². The topological polar surface area (TPSA) is 74.1 Å². The smallest absolute Gasteiger partial charge is 0.362 e. The molecule has 0 unspecified atom stereocenters. The molecule has 0 amide bonds. The Balaban J connectivity index is 2.30. The number of aromatic nitrogens is 3. The molecular weight excluding hydrogens is 412 g/mol. The molecule has 0 aliphatic carbocycles. The highest BCUT2D eigenvalue weighted by Gasteiger charge is 2.21. The van der Waals surface area contributed by atoms with Crippen molar-refractivity contribution < 1.29 is 18.3 Å². The van der Waals surface area contributed by atoms with Gasteiger partial charge in [0.05, 0.1) is 29.4 Å². The average Bonchev–Trinajstić information content (AvgIpc) is 2.62. The summed E-state index contributed by atoms with van der Waals surface area (Å²) >= 11 is 3.30. The number of alkyl halides is 2. The summed E-state index contributed by atoms with van der Waals surface area (Å²) in [7, 11) is 0. The van der Waals surface area contributed by atoms with Gasteiger partial charge in [-0.1, -0.05) is 6.07 Å². The van der Waals surface area contributed by atoms with E-state index < -0.39 is 23.5 Å². The summed E-state index contributed by atoms with van der Waals surface area (Å²) in [6.45, 7) is 1.69. The maximum absolute atomic E-state index is 12.7. The van der Waals surface area contributed by atoms with Crippen LogP contribution in [0.3, 0.4) is 0 Å². The summed E-state index contributed by atoms with van der Waals surface area (Å²) in [6, 6.07) is 7.52. The van der Waals surface area contributed by atoms with Crippen molar-refractivity contribution >= 4 is 32.8 Å². The summed E-state index contributed by atoms with van der Waals surface area (Å²) < 4.78 is 32.1. The number of hydrogen-bond acceptors (Lipinski definition) is 5. The van der Waals surface area contributed by atoms with Crippen LogP contribution in [0.1, 0.15) is 29.5 Å². The summed E-state index contributed by atoms with van der Waals surface area (Å²) in [5, 5.41) is 4.31. The number of carbonyl (C=O) groups excluding carboxylic acids is 1. The lowest BCUT2D eigenvalue weighted by Crippen LogP contribution is -2.24. The second kappa shape index (κ2) is 7.28. The van der Waals surface area contributed by atoms with Crippen molar-refractivity contribution in [2.45, 2.75) is 13.3 Å². The second-order valence-electron chi connectivity index (χ2n) is 5.19. The number of hydrogen-bond donors (Lipinski definition) is 0. The predicted molar refractivity (Wildman–Crippen MR) is 93.7 cm³/mol. The molecule has 1 aromatic carbocycles. The van der Waals surface area contributed by atoms with Crippen LogP contribution in [0.5, 0.6) is 0 Å². The van der Waals surface area contributed by atoms with Gasteiger partial charge in [-0.05, 0) is 47.1 Å². The van der Waals surface area contributed by atoms with Crippen LogP contribution in [-0.2, 0) is 4.74 Å². The molecule has 0 radical (unpaired) electrons. The Labute approximate surface area is 154 Å². The van der Waals surface area contributed by atoms with E-state index in [2.05, 4.69) is 26.0 Å². The van der Waals surface area contributed by atoms with Gasteiger partial charge in [-0.3, -0.25) is 9.78 Å². The Hall–Kier alpha value is -2.68. The Kier molecular flexibility index (Phi) is 5.08. The minimum atomic E-state index is -2.70. The van der Waals surface area contributed by atoms with Crippen LogP contribution in [0.4, 0.5) is 8.78 Å². The van der Waals surface area contributed by atoms with Crippen molar-refractivity contribution in [2.75, 3.05) is 6.61 Å².